The molecule has 3 aromatic rings. The molecule has 0 bridgehead atoms. The van der Waals surface area contributed by atoms with E-state index in [1.807, 2.05) is 36.4 Å². The van der Waals surface area contributed by atoms with E-state index in [0.29, 0.717) is 10.9 Å². The van der Waals surface area contributed by atoms with Gasteiger partial charge in [0.2, 0.25) is 5.88 Å². The Kier molecular flexibility index (Phi) is 6.98. The van der Waals surface area contributed by atoms with Crippen molar-refractivity contribution in [1.29, 1.82) is 0 Å². The standard InChI is InChI=1S/C22H21ClN4O3/c1-29-20-13-25-18(12-26-20)19(28)11-14-4-3-5-16(10-14)21(27-22(24)30-2)15-6-8-17(23)9-7-15/h3-10,12-13,21H,11H2,1-2H3,(H2,24,27). The molecule has 0 radical (unpaired) electrons. The van der Waals surface area contributed by atoms with Crippen LogP contribution in [-0.2, 0) is 11.2 Å². The second-order valence-electron chi connectivity index (χ2n) is 6.41. The van der Waals surface area contributed by atoms with Gasteiger partial charge in [0.1, 0.15) is 11.7 Å². The van der Waals surface area contributed by atoms with E-state index in [9.17, 15) is 4.79 Å². The zero-order valence-corrected chi connectivity index (χ0v) is 17.3. The number of aliphatic imine (C=N–C) groups is 1. The van der Waals surface area contributed by atoms with Crippen LogP contribution in [0.25, 0.3) is 0 Å². The summed E-state index contributed by atoms with van der Waals surface area (Å²) < 4.78 is 10.0. The number of nitrogens with zero attached hydrogens (tertiary/aromatic N) is 3. The van der Waals surface area contributed by atoms with Crippen LogP contribution >= 0.6 is 11.6 Å². The molecule has 1 unspecified atom stereocenters. The topological polar surface area (TPSA) is 99.7 Å². The molecule has 0 aliphatic carbocycles. The van der Waals surface area contributed by atoms with Crippen molar-refractivity contribution in [1.82, 2.24) is 9.97 Å². The van der Waals surface area contributed by atoms with Gasteiger partial charge in [-0.15, -0.1) is 0 Å². The molecular weight excluding hydrogens is 404 g/mol. The zero-order chi connectivity index (χ0) is 21.5. The first kappa shape index (κ1) is 21.3. The van der Waals surface area contributed by atoms with Crippen molar-refractivity contribution in [2.75, 3.05) is 14.2 Å². The first-order chi connectivity index (χ1) is 14.5. The van der Waals surface area contributed by atoms with Crippen molar-refractivity contribution in [3.8, 4) is 5.88 Å². The highest BCUT2D eigenvalue weighted by molar-refractivity contribution is 6.30. The number of amidine groups is 1. The van der Waals surface area contributed by atoms with Crippen LogP contribution in [0.3, 0.4) is 0 Å². The summed E-state index contributed by atoms with van der Waals surface area (Å²) in [5, 5.41) is 0.626. The lowest BCUT2D eigenvalue weighted by atomic mass is 9.96. The summed E-state index contributed by atoms with van der Waals surface area (Å²) in [5.74, 6) is 0.207. The monoisotopic (exact) mass is 424 g/mol. The fourth-order valence-electron chi connectivity index (χ4n) is 2.88. The maximum absolute atomic E-state index is 12.6. The van der Waals surface area contributed by atoms with Gasteiger partial charge >= 0.3 is 0 Å². The molecule has 0 spiro atoms. The Bertz CT molecular complexity index is 1040. The quantitative estimate of drug-likeness (QED) is 0.353. The largest absolute Gasteiger partial charge is 0.480 e. The average molecular weight is 425 g/mol. The lowest BCUT2D eigenvalue weighted by Crippen LogP contribution is -2.16. The lowest BCUT2D eigenvalue weighted by molar-refractivity contribution is 0.0987. The first-order valence-electron chi connectivity index (χ1n) is 9.11. The highest BCUT2D eigenvalue weighted by Gasteiger charge is 2.16. The number of ketones is 1. The Hall–Kier alpha value is -3.45. The predicted octanol–water partition coefficient (Wildman–Crippen LogP) is 3.61. The van der Waals surface area contributed by atoms with E-state index in [4.69, 9.17) is 26.8 Å². The van der Waals surface area contributed by atoms with Crippen LogP contribution in [0.2, 0.25) is 5.02 Å². The van der Waals surface area contributed by atoms with E-state index >= 15 is 0 Å². The summed E-state index contributed by atoms with van der Waals surface area (Å²) in [6.07, 6.45) is 3.00. The number of halogens is 1. The molecule has 30 heavy (non-hydrogen) atoms. The van der Waals surface area contributed by atoms with Crippen LogP contribution in [-0.4, -0.2) is 36.0 Å². The van der Waals surface area contributed by atoms with E-state index in [1.165, 1.54) is 26.6 Å². The fourth-order valence-corrected chi connectivity index (χ4v) is 3.01. The van der Waals surface area contributed by atoms with Gasteiger partial charge in [0.25, 0.3) is 6.02 Å². The molecule has 0 aliphatic heterocycles. The van der Waals surface area contributed by atoms with Gasteiger partial charge in [-0.05, 0) is 28.8 Å². The molecule has 0 saturated carbocycles. The first-order valence-corrected chi connectivity index (χ1v) is 9.48. The number of methoxy groups -OCH3 is 2. The Labute approximate surface area is 179 Å². The second-order valence-corrected chi connectivity index (χ2v) is 6.85. The Balaban J connectivity index is 1.88. The third-order valence-electron chi connectivity index (χ3n) is 4.41. The number of ether oxygens (including phenoxy) is 2. The summed E-state index contributed by atoms with van der Waals surface area (Å²) in [4.78, 5) is 25.2. The molecule has 2 N–H and O–H groups in total. The minimum absolute atomic E-state index is 0.0601. The molecule has 0 aliphatic rings. The number of aromatic nitrogens is 2. The van der Waals surface area contributed by atoms with E-state index in [2.05, 4.69) is 15.0 Å². The highest BCUT2D eigenvalue weighted by Crippen LogP contribution is 2.28. The summed E-state index contributed by atoms with van der Waals surface area (Å²) in [6.45, 7) is 0. The Morgan fingerprint density at radius 2 is 1.87 bits per heavy atom. The summed E-state index contributed by atoms with van der Waals surface area (Å²) in [5.41, 5.74) is 8.67. The highest BCUT2D eigenvalue weighted by atomic mass is 35.5. The number of benzene rings is 2. The van der Waals surface area contributed by atoms with Gasteiger partial charge in [-0.25, -0.2) is 15.0 Å². The third kappa shape index (κ3) is 5.33. The molecule has 1 aromatic heterocycles. The fraction of sp³-hybridized carbons (Fsp3) is 0.182. The van der Waals surface area contributed by atoms with Crippen LogP contribution in [0.4, 0.5) is 0 Å². The van der Waals surface area contributed by atoms with Crippen LogP contribution < -0.4 is 10.5 Å². The van der Waals surface area contributed by atoms with Gasteiger partial charge in [-0.1, -0.05) is 48.0 Å². The average Bonchev–Trinajstić information content (AvgIpc) is 2.78. The van der Waals surface area contributed by atoms with Gasteiger partial charge in [-0.3, -0.25) is 4.79 Å². The number of carbonyl (C=O) groups is 1. The van der Waals surface area contributed by atoms with E-state index < -0.39 is 6.04 Å². The van der Waals surface area contributed by atoms with Crippen molar-refractivity contribution in [2.24, 2.45) is 10.7 Å². The molecule has 7 nitrogen and oxygen atoms in total. The Morgan fingerprint density at radius 3 is 2.50 bits per heavy atom. The van der Waals surface area contributed by atoms with Crippen molar-refractivity contribution in [3.05, 3.63) is 88.3 Å². The molecule has 154 valence electrons. The van der Waals surface area contributed by atoms with Gasteiger partial charge in [-0.2, -0.15) is 0 Å². The van der Waals surface area contributed by atoms with Crippen molar-refractivity contribution >= 4 is 23.4 Å². The maximum atomic E-state index is 12.6. The number of hydrogen-bond acceptors (Lipinski definition) is 6. The maximum Gasteiger partial charge on any atom is 0.282 e. The predicted molar refractivity (Wildman–Crippen MR) is 115 cm³/mol. The van der Waals surface area contributed by atoms with Crippen molar-refractivity contribution in [3.63, 3.8) is 0 Å². The third-order valence-corrected chi connectivity index (χ3v) is 4.66. The number of hydrogen-bond donors (Lipinski definition) is 1. The zero-order valence-electron chi connectivity index (χ0n) is 16.6. The van der Waals surface area contributed by atoms with E-state index in [0.717, 1.165) is 16.7 Å². The van der Waals surface area contributed by atoms with Crippen LogP contribution in [0.15, 0.2) is 65.9 Å². The summed E-state index contributed by atoms with van der Waals surface area (Å²) in [7, 11) is 2.95. The minimum atomic E-state index is -0.405. The van der Waals surface area contributed by atoms with Crippen LogP contribution in [0.1, 0.15) is 33.2 Å². The van der Waals surface area contributed by atoms with Gasteiger partial charge in [0.15, 0.2) is 5.78 Å². The van der Waals surface area contributed by atoms with Crippen molar-refractivity contribution < 1.29 is 14.3 Å². The molecule has 8 heteroatoms. The molecule has 3 rings (SSSR count). The van der Waals surface area contributed by atoms with Gasteiger partial charge in [0.05, 0.1) is 26.6 Å². The minimum Gasteiger partial charge on any atom is -0.480 e. The van der Waals surface area contributed by atoms with E-state index in [1.54, 1.807) is 12.1 Å². The smallest absolute Gasteiger partial charge is 0.282 e. The number of Topliss-reactive ketones (excluding diaryl/α,β-unsaturated/α-hetero) is 1. The molecule has 0 fully saturated rings. The normalized spacial score (nSPS) is 12.3. The second kappa shape index (κ2) is 9.84. The summed E-state index contributed by atoms with van der Waals surface area (Å²) >= 11 is 6.01. The molecular formula is C22H21ClN4O3. The molecule has 0 amide bonds. The number of carbonyl (C=O) groups excluding carboxylic acids is 1. The number of rotatable bonds is 7. The van der Waals surface area contributed by atoms with Crippen LogP contribution in [0, 0.1) is 0 Å². The molecule has 1 atom stereocenters. The van der Waals surface area contributed by atoms with Crippen molar-refractivity contribution in [2.45, 2.75) is 12.5 Å². The van der Waals surface area contributed by atoms with E-state index in [-0.39, 0.29) is 23.9 Å². The Morgan fingerprint density at radius 1 is 1.10 bits per heavy atom. The van der Waals surface area contributed by atoms with Crippen LogP contribution in [0.5, 0.6) is 5.88 Å². The van der Waals surface area contributed by atoms with Gasteiger partial charge < -0.3 is 15.2 Å². The number of nitrogens with two attached hydrogens (primary N) is 1. The summed E-state index contributed by atoms with van der Waals surface area (Å²) in [6, 6.07) is 14.6. The SMILES string of the molecule is COC(N)=NC(c1ccc(Cl)cc1)c1cccc(CC(=O)c2cnc(OC)cn2)c1. The molecule has 1 heterocycles. The molecule has 0 saturated heterocycles. The lowest BCUT2D eigenvalue weighted by Gasteiger charge is -2.15. The van der Waals surface area contributed by atoms with Gasteiger partial charge in [0, 0.05) is 11.4 Å². The molecule has 2 aromatic carbocycles.